The molecular weight excluding hydrogens is 490 g/mol. The molecule has 0 radical (unpaired) electrons. The van der Waals surface area contributed by atoms with Crippen molar-refractivity contribution in [2.45, 2.75) is 61.1 Å². The third-order valence-electron chi connectivity index (χ3n) is 7.88. The maximum absolute atomic E-state index is 14.4. The van der Waals surface area contributed by atoms with Gasteiger partial charge in [-0.05, 0) is 48.5 Å². The van der Waals surface area contributed by atoms with Crippen LogP contribution in [0.15, 0.2) is 89.2 Å². The lowest BCUT2D eigenvalue weighted by Gasteiger charge is -2.43. The zero-order valence-corrected chi connectivity index (χ0v) is 23.0. The van der Waals surface area contributed by atoms with E-state index in [0.29, 0.717) is 21.9 Å². The van der Waals surface area contributed by atoms with Crippen LogP contribution < -0.4 is 4.90 Å². The van der Waals surface area contributed by atoms with Gasteiger partial charge in [0.25, 0.3) is 5.91 Å². The van der Waals surface area contributed by atoms with Crippen molar-refractivity contribution in [2.75, 3.05) is 4.90 Å². The van der Waals surface area contributed by atoms with Crippen molar-refractivity contribution in [1.29, 1.82) is 0 Å². The summed E-state index contributed by atoms with van der Waals surface area (Å²) in [5, 5.41) is -0.0633. The van der Waals surface area contributed by atoms with Crippen molar-refractivity contribution in [3.63, 3.8) is 0 Å². The van der Waals surface area contributed by atoms with Crippen LogP contribution in [-0.2, 0) is 29.6 Å². The van der Waals surface area contributed by atoms with Crippen molar-refractivity contribution in [3.8, 4) is 0 Å². The lowest BCUT2D eigenvalue weighted by molar-refractivity contribution is -0.122. The first-order valence-electron chi connectivity index (χ1n) is 12.1. The topological polar surface area (TPSA) is 72.9 Å². The molecule has 0 aromatic heterocycles. The van der Waals surface area contributed by atoms with Crippen molar-refractivity contribution in [3.05, 3.63) is 84.3 Å². The molecule has 0 spiro atoms. The molecule has 188 valence electrons. The molecule has 0 saturated carbocycles. The molecular formula is C28H31NO5SSi. The molecule has 2 aliphatic heterocycles. The molecule has 2 heterocycles. The Hall–Kier alpha value is -2.97. The lowest BCUT2D eigenvalue weighted by atomic mass is 9.77. The Labute approximate surface area is 215 Å². The number of anilines is 1. The van der Waals surface area contributed by atoms with Gasteiger partial charge in [0, 0.05) is 16.9 Å². The zero-order valence-electron chi connectivity index (χ0n) is 21.2. The first kappa shape index (κ1) is 24.7. The number of rotatable bonds is 5. The summed E-state index contributed by atoms with van der Waals surface area (Å²) in [5.41, 5.74) is 1.17. The highest BCUT2D eigenvalue weighted by molar-refractivity contribution is 7.87. The molecule has 1 aliphatic carbocycles. The third-order valence-corrected chi connectivity index (χ3v) is 14.2. The molecule has 0 N–H and O–H groups in total. The van der Waals surface area contributed by atoms with Crippen LogP contribution in [-0.4, -0.2) is 35.2 Å². The molecule has 2 aromatic rings. The second-order valence-corrected chi connectivity index (χ2v) is 17.4. The number of carbonyl (C=O) groups excluding carboxylic acids is 2. The number of hydrogen-bond acceptors (Lipinski definition) is 5. The molecule has 8 heteroatoms. The van der Waals surface area contributed by atoms with Gasteiger partial charge in [-0.2, -0.15) is 0 Å². The van der Waals surface area contributed by atoms with E-state index in [0.717, 1.165) is 0 Å². The van der Waals surface area contributed by atoms with E-state index >= 15 is 0 Å². The van der Waals surface area contributed by atoms with Crippen LogP contribution in [0.1, 0.15) is 27.2 Å². The summed E-state index contributed by atoms with van der Waals surface area (Å²) >= 11 is 0. The summed E-state index contributed by atoms with van der Waals surface area (Å²) in [6.07, 6.45) is 2.64. The number of para-hydroxylation sites is 1. The van der Waals surface area contributed by atoms with Crippen molar-refractivity contribution < 1.29 is 23.0 Å². The molecule has 5 rings (SSSR count). The molecule has 36 heavy (non-hydrogen) atoms. The Morgan fingerprint density at radius 2 is 1.64 bits per heavy atom. The molecule has 0 bridgehead atoms. The molecule has 2 amide bonds. The van der Waals surface area contributed by atoms with Crippen molar-refractivity contribution in [1.82, 2.24) is 0 Å². The van der Waals surface area contributed by atoms with E-state index in [9.17, 15) is 13.8 Å². The first-order chi connectivity index (χ1) is 17.0. The highest BCUT2D eigenvalue weighted by Gasteiger charge is 2.71. The van der Waals surface area contributed by atoms with E-state index in [1.165, 1.54) is 11.2 Å². The standard InChI is InChI=1S/C28H31NO5SSi/c1-27(2,3)36(4,5)34-23-18-22-25(30)29(19-12-8-6-9-13-19)26(31)28(22,24-21(23)16-17-33-24)35(32)20-14-10-7-11-15-20/h6-17,22,24H,18H2,1-5H3. The summed E-state index contributed by atoms with van der Waals surface area (Å²) in [4.78, 5) is 30.0. The second-order valence-electron chi connectivity index (χ2n) is 11.0. The van der Waals surface area contributed by atoms with Gasteiger partial charge >= 0.3 is 0 Å². The Balaban J connectivity index is 1.69. The van der Waals surface area contributed by atoms with Crippen molar-refractivity contribution in [2.24, 2.45) is 5.92 Å². The highest BCUT2D eigenvalue weighted by atomic mass is 32.2. The van der Waals surface area contributed by atoms with Crippen LogP contribution in [0.25, 0.3) is 0 Å². The Bertz CT molecular complexity index is 1300. The smallest absolute Gasteiger partial charge is 0.258 e. The van der Waals surface area contributed by atoms with E-state index in [1.807, 2.05) is 12.1 Å². The summed E-state index contributed by atoms with van der Waals surface area (Å²) in [7, 11) is -4.13. The average Bonchev–Trinajstić information content (AvgIpc) is 3.42. The Morgan fingerprint density at radius 1 is 1.03 bits per heavy atom. The molecule has 2 aromatic carbocycles. The van der Waals surface area contributed by atoms with Crippen LogP contribution in [0.2, 0.25) is 18.1 Å². The van der Waals surface area contributed by atoms with Gasteiger partial charge in [0.05, 0.1) is 34.4 Å². The molecule has 6 nitrogen and oxygen atoms in total. The fourth-order valence-electron chi connectivity index (χ4n) is 4.95. The predicted octanol–water partition coefficient (Wildman–Crippen LogP) is 5.31. The number of imide groups is 1. The largest absolute Gasteiger partial charge is 0.546 e. The minimum absolute atomic E-state index is 0.0633. The van der Waals surface area contributed by atoms with Crippen LogP contribution >= 0.6 is 0 Å². The monoisotopic (exact) mass is 521 g/mol. The van der Waals surface area contributed by atoms with Gasteiger partial charge in [0.2, 0.25) is 14.2 Å². The maximum Gasteiger partial charge on any atom is 0.258 e. The van der Waals surface area contributed by atoms with Crippen LogP contribution in [0.3, 0.4) is 0 Å². The second kappa shape index (κ2) is 8.56. The highest BCUT2D eigenvalue weighted by Crippen LogP contribution is 2.54. The summed E-state index contributed by atoms with van der Waals surface area (Å²) in [6, 6.07) is 17.7. The average molecular weight is 522 g/mol. The van der Waals surface area contributed by atoms with Crippen molar-refractivity contribution >= 4 is 36.6 Å². The zero-order chi connectivity index (χ0) is 25.9. The third kappa shape index (κ3) is 3.53. The fourth-order valence-corrected chi connectivity index (χ4v) is 7.94. The number of allylic oxidation sites excluding steroid dienone is 1. The minimum atomic E-state index is -2.26. The predicted molar refractivity (Wildman–Crippen MR) is 142 cm³/mol. The van der Waals surface area contributed by atoms with Crippen LogP contribution in [0, 0.1) is 5.92 Å². The van der Waals surface area contributed by atoms with Gasteiger partial charge in [-0.1, -0.05) is 57.2 Å². The van der Waals surface area contributed by atoms with Gasteiger partial charge in [-0.25, -0.2) is 4.90 Å². The lowest BCUT2D eigenvalue weighted by Crippen LogP contribution is -2.59. The maximum atomic E-state index is 14.4. The van der Waals surface area contributed by atoms with E-state index in [1.54, 1.807) is 54.6 Å². The van der Waals surface area contributed by atoms with Gasteiger partial charge in [0.15, 0.2) is 10.9 Å². The molecule has 3 aliphatic rings. The molecule has 1 fully saturated rings. The number of fused-ring (bicyclic) bond motifs is 3. The number of nitrogens with zero attached hydrogens (tertiary/aromatic N) is 1. The summed E-state index contributed by atoms with van der Waals surface area (Å²) < 4.78 is 25.6. The molecule has 1 saturated heterocycles. The van der Waals surface area contributed by atoms with Gasteiger partial charge in [-0.3, -0.25) is 13.8 Å². The first-order valence-corrected chi connectivity index (χ1v) is 16.2. The van der Waals surface area contributed by atoms with E-state index in [2.05, 4.69) is 33.9 Å². The number of hydrogen-bond donors (Lipinski definition) is 0. The van der Waals surface area contributed by atoms with E-state index in [-0.39, 0.29) is 17.4 Å². The SMILES string of the molecule is CC(C)(C)[Si](C)(C)OC1=C2C=COC2C2(S(=O)c3ccccc3)C(=O)N(c3ccccc3)C(=O)C2C1. The number of carbonyl (C=O) groups is 2. The van der Waals surface area contributed by atoms with Gasteiger partial charge in [-0.15, -0.1) is 0 Å². The number of benzene rings is 2. The van der Waals surface area contributed by atoms with Gasteiger partial charge < -0.3 is 9.16 Å². The minimum Gasteiger partial charge on any atom is -0.546 e. The number of ether oxygens (including phenoxy) is 1. The Morgan fingerprint density at radius 3 is 2.25 bits per heavy atom. The quantitative estimate of drug-likeness (QED) is 0.394. The Kier molecular flexibility index (Phi) is 5.87. The summed E-state index contributed by atoms with van der Waals surface area (Å²) in [6.45, 7) is 10.8. The van der Waals surface area contributed by atoms with Crippen LogP contribution in [0.5, 0.6) is 0 Å². The van der Waals surface area contributed by atoms with E-state index in [4.69, 9.17) is 9.16 Å². The number of amides is 2. The normalized spacial score (nSPS) is 26.5. The van der Waals surface area contributed by atoms with Crippen LogP contribution in [0.4, 0.5) is 5.69 Å². The summed E-state index contributed by atoms with van der Waals surface area (Å²) in [5.74, 6) is -1.09. The fraction of sp³-hybridized carbons (Fsp3) is 0.357. The van der Waals surface area contributed by atoms with Gasteiger partial charge in [0.1, 0.15) is 0 Å². The molecule has 4 unspecified atom stereocenters. The molecule has 4 atom stereocenters. The van der Waals surface area contributed by atoms with E-state index < -0.39 is 41.8 Å².